The van der Waals surface area contributed by atoms with Gasteiger partial charge < -0.3 is 15.4 Å². The number of amides is 1. The third-order valence-corrected chi connectivity index (χ3v) is 7.49. The highest BCUT2D eigenvalue weighted by atomic mass is 32.2. The average Bonchev–Trinajstić information content (AvgIpc) is 2.86. The quantitative estimate of drug-likeness (QED) is 0.463. The van der Waals surface area contributed by atoms with E-state index in [-0.39, 0.29) is 22.0 Å². The van der Waals surface area contributed by atoms with Crippen molar-refractivity contribution < 1.29 is 22.3 Å². The molecule has 1 aliphatic heterocycles. The molecule has 8 nitrogen and oxygen atoms in total. The van der Waals surface area contributed by atoms with Crippen molar-refractivity contribution in [1.82, 2.24) is 9.29 Å². The molecule has 2 aromatic carbocycles. The highest BCUT2D eigenvalue weighted by molar-refractivity contribution is 7.89. The number of hydrogen-bond acceptors (Lipinski definition) is 6. The van der Waals surface area contributed by atoms with Crippen molar-refractivity contribution in [3.05, 3.63) is 72.2 Å². The Bertz CT molecular complexity index is 1310. The van der Waals surface area contributed by atoms with Crippen molar-refractivity contribution in [2.45, 2.75) is 31.1 Å². The summed E-state index contributed by atoms with van der Waals surface area (Å²) in [5.41, 5.74) is 0.953. The van der Waals surface area contributed by atoms with Crippen LogP contribution in [-0.4, -0.2) is 43.3 Å². The fourth-order valence-electron chi connectivity index (χ4n) is 3.90. The monoisotopic (exact) mass is 498 g/mol. The second kappa shape index (κ2) is 10.8. The van der Waals surface area contributed by atoms with Crippen LogP contribution in [0.4, 0.5) is 21.6 Å². The Balaban J connectivity index is 1.61. The lowest BCUT2D eigenvalue weighted by atomic mass is 10.2. The molecule has 0 aliphatic carbocycles. The maximum atomic E-state index is 13.6. The molecular weight excluding hydrogens is 471 g/mol. The van der Waals surface area contributed by atoms with E-state index in [0.29, 0.717) is 31.1 Å². The molecule has 0 atom stereocenters. The number of sulfonamides is 1. The highest BCUT2D eigenvalue weighted by Gasteiger charge is 2.29. The van der Waals surface area contributed by atoms with Crippen LogP contribution in [0.5, 0.6) is 5.75 Å². The van der Waals surface area contributed by atoms with Gasteiger partial charge in [0.25, 0.3) is 5.91 Å². The van der Waals surface area contributed by atoms with Crippen molar-refractivity contribution in [1.29, 1.82) is 0 Å². The summed E-state index contributed by atoms with van der Waals surface area (Å²) in [6.07, 6.45) is 4.12. The zero-order valence-corrected chi connectivity index (χ0v) is 20.1. The van der Waals surface area contributed by atoms with Crippen LogP contribution < -0.4 is 15.4 Å². The van der Waals surface area contributed by atoms with Crippen LogP contribution in [0.15, 0.2) is 65.7 Å². The molecule has 2 N–H and O–H groups in total. The summed E-state index contributed by atoms with van der Waals surface area (Å²) in [5, 5.41) is 5.70. The maximum absolute atomic E-state index is 13.6. The minimum Gasteiger partial charge on any atom is -0.492 e. The number of carbonyl (C=O) groups excluding carboxylic acids is 1. The van der Waals surface area contributed by atoms with E-state index in [4.69, 9.17) is 4.74 Å². The van der Waals surface area contributed by atoms with Gasteiger partial charge in [-0.15, -0.1) is 0 Å². The summed E-state index contributed by atoms with van der Waals surface area (Å²) in [5.74, 6) is -0.440. The number of aromatic nitrogens is 1. The second-order valence-corrected chi connectivity index (χ2v) is 9.95. The van der Waals surface area contributed by atoms with Crippen molar-refractivity contribution in [3.63, 3.8) is 0 Å². The lowest BCUT2D eigenvalue weighted by Gasteiger charge is -2.27. The Kier molecular flexibility index (Phi) is 7.62. The van der Waals surface area contributed by atoms with Crippen LogP contribution >= 0.6 is 0 Å². The van der Waals surface area contributed by atoms with Gasteiger partial charge in [0.15, 0.2) is 0 Å². The molecule has 10 heteroatoms. The predicted molar refractivity (Wildman–Crippen MR) is 132 cm³/mol. The molecule has 4 rings (SSSR count). The lowest BCUT2D eigenvalue weighted by molar-refractivity contribution is 0.102. The molecular formula is C25H27FN4O4S. The molecule has 1 aliphatic rings. The third-order valence-electron chi connectivity index (χ3n) is 5.57. The molecule has 1 amide bonds. The maximum Gasteiger partial charge on any atom is 0.259 e. The van der Waals surface area contributed by atoms with Crippen LogP contribution in [0.2, 0.25) is 0 Å². The number of rotatable bonds is 8. The normalized spacial score (nSPS) is 14.3. The van der Waals surface area contributed by atoms with E-state index in [0.717, 1.165) is 19.3 Å². The van der Waals surface area contributed by atoms with E-state index in [1.165, 1.54) is 28.7 Å². The van der Waals surface area contributed by atoms with Gasteiger partial charge >= 0.3 is 0 Å². The Morgan fingerprint density at radius 1 is 1.06 bits per heavy atom. The van der Waals surface area contributed by atoms with Gasteiger partial charge in [-0.1, -0.05) is 12.5 Å². The average molecular weight is 499 g/mol. The van der Waals surface area contributed by atoms with Gasteiger partial charge in [0.05, 0.1) is 12.2 Å². The smallest absolute Gasteiger partial charge is 0.259 e. The Labute approximate surface area is 204 Å². The molecule has 1 saturated heterocycles. The number of anilines is 3. The van der Waals surface area contributed by atoms with Crippen molar-refractivity contribution >= 4 is 33.1 Å². The van der Waals surface area contributed by atoms with E-state index in [2.05, 4.69) is 15.6 Å². The number of halogens is 1. The summed E-state index contributed by atoms with van der Waals surface area (Å²) in [4.78, 5) is 17.3. The zero-order valence-electron chi connectivity index (χ0n) is 19.3. The zero-order chi connectivity index (χ0) is 24.8. The first-order chi connectivity index (χ1) is 16.9. The van der Waals surface area contributed by atoms with Crippen LogP contribution in [0.25, 0.3) is 0 Å². The van der Waals surface area contributed by atoms with Gasteiger partial charge in [0.1, 0.15) is 22.3 Å². The van der Waals surface area contributed by atoms with E-state index in [1.54, 1.807) is 43.3 Å². The van der Waals surface area contributed by atoms with Gasteiger partial charge in [-0.25, -0.2) is 17.8 Å². The molecule has 1 aromatic heterocycles. The third kappa shape index (κ3) is 5.77. The molecule has 0 radical (unpaired) electrons. The summed E-state index contributed by atoms with van der Waals surface area (Å²) < 4.78 is 47.3. The topological polar surface area (TPSA) is 101 Å². The number of nitrogens with zero attached hydrogens (tertiary/aromatic N) is 2. The largest absolute Gasteiger partial charge is 0.492 e. The number of nitrogens with one attached hydrogen (secondary N) is 2. The fourth-order valence-corrected chi connectivity index (χ4v) is 5.57. The van der Waals surface area contributed by atoms with Gasteiger partial charge in [0, 0.05) is 30.7 Å². The molecule has 184 valence electrons. The minimum atomic E-state index is -3.79. The van der Waals surface area contributed by atoms with Crippen molar-refractivity contribution in [2.24, 2.45) is 0 Å². The molecule has 2 heterocycles. The number of carbonyl (C=O) groups is 1. The Morgan fingerprint density at radius 2 is 1.86 bits per heavy atom. The first kappa shape index (κ1) is 24.6. The number of benzene rings is 2. The number of pyridine rings is 1. The first-order valence-corrected chi connectivity index (χ1v) is 12.9. The van der Waals surface area contributed by atoms with Gasteiger partial charge in [0.2, 0.25) is 10.0 Å². The van der Waals surface area contributed by atoms with Crippen LogP contribution in [0, 0.1) is 5.82 Å². The SMILES string of the molecule is CCOc1ccc(NC(=O)c2cccnc2Nc2cccc(F)c2)cc1S(=O)(=O)N1CCCCC1. The van der Waals surface area contributed by atoms with Crippen LogP contribution in [0.3, 0.4) is 0 Å². The summed E-state index contributed by atoms with van der Waals surface area (Å²) >= 11 is 0. The summed E-state index contributed by atoms with van der Waals surface area (Å²) in [6, 6.07) is 13.6. The second-order valence-electron chi connectivity index (χ2n) is 8.05. The van der Waals surface area contributed by atoms with Gasteiger partial charge in [-0.05, 0) is 68.3 Å². The van der Waals surface area contributed by atoms with Crippen molar-refractivity contribution in [2.75, 3.05) is 30.3 Å². The molecule has 0 saturated carbocycles. The van der Waals surface area contributed by atoms with E-state index >= 15 is 0 Å². The van der Waals surface area contributed by atoms with E-state index < -0.39 is 21.7 Å². The minimum absolute atomic E-state index is 0.0170. The predicted octanol–water partition coefficient (Wildman–Crippen LogP) is 4.79. The van der Waals surface area contributed by atoms with Gasteiger partial charge in [-0.2, -0.15) is 4.31 Å². The van der Waals surface area contributed by atoms with Crippen LogP contribution in [0.1, 0.15) is 36.5 Å². The summed E-state index contributed by atoms with van der Waals surface area (Å²) in [7, 11) is -3.79. The molecule has 3 aromatic rings. The Hall–Kier alpha value is -3.50. The highest BCUT2D eigenvalue weighted by Crippen LogP contribution is 2.32. The van der Waals surface area contributed by atoms with E-state index in [1.807, 2.05) is 0 Å². The van der Waals surface area contributed by atoms with Gasteiger partial charge in [-0.3, -0.25) is 4.79 Å². The number of piperidine rings is 1. The molecule has 35 heavy (non-hydrogen) atoms. The van der Waals surface area contributed by atoms with E-state index in [9.17, 15) is 17.6 Å². The molecule has 0 spiro atoms. The Morgan fingerprint density at radius 3 is 2.60 bits per heavy atom. The molecule has 0 unspecified atom stereocenters. The first-order valence-electron chi connectivity index (χ1n) is 11.4. The fraction of sp³-hybridized carbons (Fsp3) is 0.280. The lowest BCUT2D eigenvalue weighted by Crippen LogP contribution is -2.35. The molecule has 1 fully saturated rings. The van der Waals surface area contributed by atoms with Crippen molar-refractivity contribution in [3.8, 4) is 5.75 Å². The number of hydrogen-bond donors (Lipinski definition) is 2. The van der Waals surface area contributed by atoms with Crippen LogP contribution in [-0.2, 0) is 10.0 Å². The standard InChI is InChI=1S/C25H27FN4O4S/c1-2-34-22-12-11-20(17-23(22)35(32,33)30-14-4-3-5-15-30)29-25(31)21-10-7-13-27-24(21)28-19-9-6-8-18(26)16-19/h6-13,16-17H,2-5,14-15H2,1H3,(H,27,28)(H,29,31). The number of ether oxygens (including phenoxy) is 1. The molecule has 0 bridgehead atoms. The summed E-state index contributed by atoms with van der Waals surface area (Å²) in [6.45, 7) is 2.99.